The van der Waals surface area contributed by atoms with E-state index in [9.17, 15) is 0 Å². The highest BCUT2D eigenvalue weighted by atomic mass is 35.5. The van der Waals surface area contributed by atoms with Crippen LogP contribution in [0.15, 0.2) is 18.2 Å². The zero-order valence-electron chi connectivity index (χ0n) is 8.88. The number of nitrogen functional groups attached to an aromatic ring is 1. The first-order chi connectivity index (χ1) is 8.15. The van der Waals surface area contributed by atoms with E-state index in [-0.39, 0.29) is 0 Å². The summed E-state index contributed by atoms with van der Waals surface area (Å²) in [5, 5.41) is 14.0. The number of benzene rings is 1. The monoisotopic (exact) mass is 265 g/mol. The van der Waals surface area contributed by atoms with E-state index in [1.165, 1.54) is 11.3 Å². The fraction of sp³-hybridized carbons (Fsp3) is 0.100. The minimum atomic E-state index is 0.606. The number of fused-ring (bicyclic) bond motifs is 1. The Morgan fingerprint density at radius 1 is 1.35 bits per heavy atom. The van der Waals surface area contributed by atoms with Crippen LogP contribution >= 0.6 is 22.9 Å². The van der Waals surface area contributed by atoms with Crippen LogP contribution < -0.4 is 5.73 Å². The Hall–Kier alpha value is -1.66. The fourth-order valence-corrected chi connectivity index (χ4v) is 2.46. The standard InChI is InChI=1S/C10H8ClN5S/c1-5-15-16-9(13-14-10(16)17-5)7-4-6(11)2-3-8(7)12/h2-4H,12H2,1H3. The highest BCUT2D eigenvalue weighted by Gasteiger charge is 2.14. The zero-order valence-corrected chi connectivity index (χ0v) is 10.5. The van der Waals surface area contributed by atoms with Gasteiger partial charge in [-0.25, -0.2) is 0 Å². The molecule has 0 aliphatic heterocycles. The summed E-state index contributed by atoms with van der Waals surface area (Å²) < 4.78 is 1.68. The van der Waals surface area contributed by atoms with Gasteiger partial charge in [-0.1, -0.05) is 22.9 Å². The number of hydrogen-bond donors (Lipinski definition) is 1. The zero-order chi connectivity index (χ0) is 12.0. The molecule has 2 N–H and O–H groups in total. The summed E-state index contributed by atoms with van der Waals surface area (Å²) in [5.41, 5.74) is 7.27. The molecule has 3 aromatic rings. The van der Waals surface area contributed by atoms with Gasteiger partial charge < -0.3 is 5.73 Å². The van der Waals surface area contributed by atoms with Gasteiger partial charge in [0, 0.05) is 16.3 Å². The fourth-order valence-electron chi connectivity index (χ4n) is 1.60. The average Bonchev–Trinajstić information content (AvgIpc) is 2.80. The number of hydrogen-bond acceptors (Lipinski definition) is 5. The van der Waals surface area contributed by atoms with Gasteiger partial charge in [0.25, 0.3) is 0 Å². The normalized spacial score (nSPS) is 11.2. The molecule has 0 saturated heterocycles. The van der Waals surface area contributed by atoms with E-state index in [1.54, 1.807) is 22.7 Å². The molecule has 0 radical (unpaired) electrons. The van der Waals surface area contributed by atoms with E-state index in [4.69, 9.17) is 17.3 Å². The van der Waals surface area contributed by atoms with Crippen molar-refractivity contribution in [3.63, 3.8) is 0 Å². The van der Waals surface area contributed by atoms with E-state index in [1.807, 2.05) is 6.92 Å². The Balaban J connectivity index is 2.29. The third-order valence-electron chi connectivity index (χ3n) is 2.35. The molecule has 5 nitrogen and oxygen atoms in total. The summed E-state index contributed by atoms with van der Waals surface area (Å²) in [6.07, 6.45) is 0. The smallest absolute Gasteiger partial charge is 0.234 e. The second kappa shape index (κ2) is 3.68. The van der Waals surface area contributed by atoms with Crippen LogP contribution in [0.1, 0.15) is 5.01 Å². The van der Waals surface area contributed by atoms with Crippen LogP contribution in [0.25, 0.3) is 16.3 Å². The molecular weight excluding hydrogens is 258 g/mol. The van der Waals surface area contributed by atoms with Gasteiger partial charge in [-0.3, -0.25) is 0 Å². The molecule has 0 amide bonds. The Bertz CT molecular complexity index is 702. The number of nitrogens with zero attached hydrogens (tertiary/aromatic N) is 4. The summed E-state index contributed by atoms with van der Waals surface area (Å²) in [6, 6.07) is 5.25. The van der Waals surface area contributed by atoms with Gasteiger partial charge in [0.2, 0.25) is 4.96 Å². The van der Waals surface area contributed by atoms with Crippen LogP contribution in [0.5, 0.6) is 0 Å². The van der Waals surface area contributed by atoms with Crippen molar-refractivity contribution in [2.45, 2.75) is 6.92 Å². The van der Waals surface area contributed by atoms with Crippen molar-refractivity contribution in [1.29, 1.82) is 0 Å². The van der Waals surface area contributed by atoms with Crippen LogP contribution in [0.2, 0.25) is 5.02 Å². The van der Waals surface area contributed by atoms with Crippen molar-refractivity contribution < 1.29 is 0 Å². The summed E-state index contributed by atoms with van der Waals surface area (Å²) in [7, 11) is 0. The van der Waals surface area contributed by atoms with Gasteiger partial charge in [-0.2, -0.15) is 9.61 Å². The quantitative estimate of drug-likeness (QED) is 0.686. The topological polar surface area (TPSA) is 69.1 Å². The molecule has 0 atom stereocenters. The minimum absolute atomic E-state index is 0.606. The Kier molecular flexibility index (Phi) is 2.27. The maximum Gasteiger partial charge on any atom is 0.234 e. The lowest BCUT2D eigenvalue weighted by Crippen LogP contribution is -1.95. The van der Waals surface area contributed by atoms with E-state index < -0.39 is 0 Å². The molecule has 0 bridgehead atoms. The van der Waals surface area contributed by atoms with Gasteiger partial charge in [0.15, 0.2) is 5.82 Å². The number of halogens is 1. The number of anilines is 1. The molecule has 3 rings (SSSR count). The minimum Gasteiger partial charge on any atom is -0.398 e. The molecule has 0 spiro atoms. The molecule has 2 heterocycles. The number of aryl methyl sites for hydroxylation is 1. The van der Waals surface area contributed by atoms with Crippen LogP contribution in [0.3, 0.4) is 0 Å². The van der Waals surface area contributed by atoms with Gasteiger partial charge in [0.1, 0.15) is 5.01 Å². The highest BCUT2D eigenvalue weighted by molar-refractivity contribution is 7.16. The molecule has 0 aliphatic rings. The van der Waals surface area contributed by atoms with Crippen LogP contribution in [-0.2, 0) is 0 Å². The third kappa shape index (κ3) is 1.65. The largest absolute Gasteiger partial charge is 0.398 e. The predicted molar refractivity (Wildman–Crippen MR) is 68.3 cm³/mol. The van der Waals surface area contributed by atoms with Crippen molar-refractivity contribution in [2.75, 3.05) is 5.73 Å². The van der Waals surface area contributed by atoms with Crippen LogP contribution in [-0.4, -0.2) is 19.8 Å². The number of aromatic nitrogens is 4. The first-order valence-electron chi connectivity index (χ1n) is 4.89. The SMILES string of the molecule is Cc1nn2c(-c3cc(Cl)ccc3N)nnc2s1. The Morgan fingerprint density at radius 2 is 2.18 bits per heavy atom. The first-order valence-corrected chi connectivity index (χ1v) is 6.09. The number of nitrogens with two attached hydrogens (primary N) is 1. The van der Waals surface area contributed by atoms with Crippen molar-refractivity contribution in [2.24, 2.45) is 0 Å². The van der Waals surface area contributed by atoms with Gasteiger partial charge in [-0.15, -0.1) is 10.2 Å². The Morgan fingerprint density at radius 3 is 3.00 bits per heavy atom. The first kappa shape index (κ1) is 10.5. The van der Waals surface area contributed by atoms with E-state index in [2.05, 4.69) is 15.3 Å². The average molecular weight is 266 g/mol. The lowest BCUT2D eigenvalue weighted by molar-refractivity contribution is 0.941. The van der Waals surface area contributed by atoms with Crippen LogP contribution in [0.4, 0.5) is 5.69 Å². The lowest BCUT2D eigenvalue weighted by Gasteiger charge is -2.02. The molecule has 0 unspecified atom stereocenters. The molecule has 7 heteroatoms. The molecule has 0 saturated carbocycles. The van der Waals surface area contributed by atoms with Gasteiger partial charge in [0.05, 0.1) is 0 Å². The number of rotatable bonds is 1. The van der Waals surface area contributed by atoms with Gasteiger partial charge >= 0.3 is 0 Å². The lowest BCUT2D eigenvalue weighted by atomic mass is 10.2. The van der Waals surface area contributed by atoms with Gasteiger partial charge in [-0.05, 0) is 25.1 Å². The summed E-state index contributed by atoms with van der Waals surface area (Å²) in [6.45, 7) is 1.92. The predicted octanol–water partition coefficient (Wildman–Crippen LogP) is 2.40. The maximum atomic E-state index is 5.96. The van der Waals surface area contributed by atoms with E-state index in [0.29, 0.717) is 16.5 Å². The second-order valence-electron chi connectivity index (χ2n) is 3.57. The maximum absolute atomic E-state index is 5.96. The molecule has 86 valence electrons. The van der Waals surface area contributed by atoms with Crippen molar-refractivity contribution in [3.05, 3.63) is 28.2 Å². The summed E-state index contributed by atoms with van der Waals surface area (Å²) in [4.78, 5) is 0.747. The molecule has 1 aromatic carbocycles. The molecule has 0 aliphatic carbocycles. The van der Waals surface area contributed by atoms with Crippen molar-refractivity contribution >= 4 is 33.6 Å². The third-order valence-corrected chi connectivity index (χ3v) is 3.40. The van der Waals surface area contributed by atoms with E-state index in [0.717, 1.165) is 15.5 Å². The van der Waals surface area contributed by atoms with Crippen molar-refractivity contribution in [1.82, 2.24) is 19.8 Å². The summed E-state index contributed by atoms with van der Waals surface area (Å²) >= 11 is 7.44. The van der Waals surface area contributed by atoms with Crippen molar-refractivity contribution in [3.8, 4) is 11.4 Å². The highest BCUT2D eigenvalue weighted by Crippen LogP contribution is 2.28. The summed E-state index contributed by atoms with van der Waals surface area (Å²) in [5.74, 6) is 0.615. The second-order valence-corrected chi connectivity index (χ2v) is 5.17. The molecule has 2 aromatic heterocycles. The molecule has 17 heavy (non-hydrogen) atoms. The molecule has 0 fully saturated rings. The van der Waals surface area contributed by atoms with E-state index >= 15 is 0 Å². The Labute approximate surface area is 106 Å². The molecular formula is C10H8ClN5S. The van der Waals surface area contributed by atoms with Crippen LogP contribution in [0, 0.1) is 6.92 Å².